The van der Waals surface area contributed by atoms with Gasteiger partial charge in [-0.15, -0.1) is 0 Å². The van der Waals surface area contributed by atoms with E-state index in [2.05, 4.69) is 5.32 Å². The number of carbonyl (C=O) groups is 2. The van der Waals surface area contributed by atoms with Crippen LogP contribution in [0.5, 0.6) is 11.5 Å². The minimum Gasteiger partial charge on any atom is -0.490 e. The van der Waals surface area contributed by atoms with Gasteiger partial charge in [0.2, 0.25) is 11.8 Å². The van der Waals surface area contributed by atoms with Gasteiger partial charge < -0.3 is 19.7 Å². The monoisotopic (exact) mass is 502 g/mol. The summed E-state index contributed by atoms with van der Waals surface area (Å²) in [5.41, 5.74) is 4.10. The Bertz CT molecular complexity index is 1160. The van der Waals surface area contributed by atoms with E-state index in [1.54, 1.807) is 11.9 Å². The molecule has 1 N–H and O–H groups in total. The summed E-state index contributed by atoms with van der Waals surface area (Å²) in [6.07, 6.45) is 1.24. The Morgan fingerprint density at radius 3 is 2.22 bits per heavy atom. The highest BCUT2D eigenvalue weighted by atomic mass is 16.5. The molecule has 3 aromatic rings. The fourth-order valence-corrected chi connectivity index (χ4v) is 4.34. The highest BCUT2D eigenvalue weighted by Crippen LogP contribution is 2.29. The van der Waals surface area contributed by atoms with Gasteiger partial charge in [-0.1, -0.05) is 60.7 Å². The highest BCUT2D eigenvalue weighted by molar-refractivity contribution is 5.88. The van der Waals surface area contributed by atoms with E-state index >= 15 is 0 Å². The second-order valence-corrected chi connectivity index (χ2v) is 8.92. The summed E-state index contributed by atoms with van der Waals surface area (Å²) in [4.78, 5) is 28.6. The zero-order valence-electron chi connectivity index (χ0n) is 22.3. The zero-order chi connectivity index (χ0) is 26.6. The van der Waals surface area contributed by atoms with Crippen LogP contribution in [0.15, 0.2) is 72.8 Å². The average molecular weight is 503 g/mol. The van der Waals surface area contributed by atoms with Crippen LogP contribution in [0.4, 0.5) is 0 Å². The Morgan fingerprint density at radius 2 is 1.54 bits per heavy atom. The summed E-state index contributed by atoms with van der Waals surface area (Å²) in [7, 11) is 1.62. The highest BCUT2D eigenvalue weighted by Gasteiger charge is 2.30. The number of nitrogens with zero attached hydrogens (tertiary/aromatic N) is 1. The first-order chi connectivity index (χ1) is 18.0. The normalized spacial score (nSPS) is 11.5. The van der Waals surface area contributed by atoms with Crippen LogP contribution >= 0.6 is 0 Å². The van der Waals surface area contributed by atoms with Gasteiger partial charge >= 0.3 is 0 Å². The van der Waals surface area contributed by atoms with Crippen molar-refractivity contribution in [1.82, 2.24) is 10.2 Å². The van der Waals surface area contributed by atoms with Crippen LogP contribution in [0.3, 0.4) is 0 Å². The minimum absolute atomic E-state index is 0.0698. The van der Waals surface area contributed by atoms with Crippen molar-refractivity contribution in [3.63, 3.8) is 0 Å². The Balaban J connectivity index is 1.87. The van der Waals surface area contributed by atoms with Crippen molar-refractivity contribution in [2.45, 2.75) is 52.6 Å². The van der Waals surface area contributed by atoms with E-state index in [0.717, 1.165) is 22.3 Å². The zero-order valence-corrected chi connectivity index (χ0v) is 22.3. The van der Waals surface area contributed by atoms with Crippen LogP contribution in [0, 0.1) is 6.92 Å². The van der Waals surface area contributed by atoms with Crippen molar-refractivity contribution in [1.29, 1.82) is 0 Å². The number of nitrogens with one attached hydrogen (secondary N) is 1. The molecule has 1 atom stereocenters. The molecule has 0 saturated heterocycles. The summed E-state index contributed by atoms with van der Waals surface area (Å²) >= 11 is 0. The minimum atomic E-state index is -0.626. The first-order valence-electron chi connectivity index (χ1n) is 12.9. The number of ether oxygens (including phenoxy) is 2. The lowest BCUT2D eigenvalue weighted by molar-refractivity contribution is -0.141. The van der Waals surface area contributed by atoms with Crippen molar-refractivity contribution >= 4 is 11.8 Å². The third-order valence-corrected chi connectivity index (χ3v) is 6.35. The van der Waals surface area contributed by atoms with Crippen LogP contribution in [0.2, 0.25) is 0 Å². The Labute approximate surface area is 220 Å². The molecule has 0 aliphatic rings. The van der Waals surface area contributed by atoms with Crippen molar-refractivity contribution in [3.05, 3.63) is 95.1 Å². The van der Waals surface area contributed by atoms with Crippen LogP contribution in [0.1, 0.15) is 42.5 Å². The molecule has 0 fully saturated rings. The molecule has 0 aliphatic heterocycles. The SMILES string of the molecule is CCOc1ccc(CCC(=O)N(Cc2ccccc2C)C(Cc2ccccc2)C(=O)NC)cc1OCC. The van der Waals surface area contributed by atoms with E-state index in [4.69, 9.17) is 9.47 Å². The first-order valence-corrected chi connectivity index (χ1v) is 12.9. The predicted octanol–water partition coefficient (Wildman–Crippen LogP) is 5.11. The number of hydrogen-bond acceptors (Lipinski definition) is 4. The topological polar surface area (TPSA) is 67.9 Å². The number of benzene rings is 3. The number of carbonyl (C=O) groups excluding carboxylic acids is 2. The fraction of sp³-hybridized carbons (Fsp3) is 0.355. The van der Waals surface area contributed by atoms with Crippen LogP contribution in [0.25, 0.3) is 0 Å². The first kappa shape index (κ1) is 27.8. The molecule has 2 amide bonds. The molecule has 196 valence electrons. The van der Waals surface area contributed by atoms with Crippen molar-refractivity contribution < 1.29 is 19.1 Å². The van der Waals surface area contributed by atoms with E-state index < -0.39 is 6.04 Å². The van der Waals surface area contributed by atoms with Crippen molar-refractivity contribution in [3.8, 4) is 11.5 Å². The maximum Gasteiger partial charge on any atom is 0.242 e. The number of aryl methyl sites for hydroxylation is 2. The van der Waals surface area contributed by atoms with Gasteiger partial charge in [0.25, 0.3) is 0 Å². The largest absolute Gasteiger partial charge is 0.490 e. The molecular formula is C31H38N2O4. The van der Waals surface area contributed by atoms with E-state index in [0.29, 0.717) is 44.1 Å². The lowest BCUT2D eigenvalue weighted by atomic mass is 10.0. The summed E-state index contributed by atoms with van der Waals surface area (Å²) in [6, 6.07) is 23.0. The molecule has 6 heteroatoms. The lowest BCUT2D eigenvalue weighted by Crippen LogP contribution is -2.49. The third kappa shape index (κ3) is 7.84. The molecular weight excluding hydrogens is 464 g/mol. The molecule has 0 radical (unpaired) electrons. The van der Waals surface area contributed by atoms with E-state index in [1.165, 1.54) is 0 Å². The maximum absolute atomic E-state index is 13.8. The van der Waals surface area contributed by atoms with Gasteiger partial charge in [-0.2, -0.15) is 0 Å². The van der Waals surface area contributed by atoms with E-state index in [1.807, 2.05) is 93.6 Å². The Morgan fingerprint density at radius 1 is 0.865 bits per heavy atom. The quantitative estimate of drug-likeness (QED) is 0.353. The summed E-state index contributed by atoms with van der Waals surface area (Å²) in [6.45, 7) is 7.34. The molecule has 0 bridgehead atoms. The molecule has 37 heavy (non-hydrogen) atoms. The number of rotatable bonds is 13. The Kier molecular flexibility index (Phi) is 10.6. The summed E-state index contributed by atoms with van der Waals surface area (Å²) < 4.78 is 11.4. The second kappa shape index (κ2) is 14.1. The average Bonchev–Trinajstić information content (AvgIpc) is 2.92. The van der Waals surface area contributed by atoms with Gasteiger partial charge in [0.05, 0.1) is 13.2 Å². The summed E-state index contributed by atoms with van der Waals surface area (Å²) in [5.74, 6) is 1.13. The van der Waals surface area contributed by atoms with E-state index in [9.17, 15) is 9.59 Å². The number of hydrogen-bond donors (Lipinski definition) is 1. The second-order valence-electron chi connectivity index (χ2n) is 8.92. The van der Waals surface area contributed by atoms with Crippen molar-refractivity contribution in [2.24, 2.45) is 0 Å². The molecule has 0 aliphatic carbocycles. The smallest absolute Gasteiger partial charge is 0.242 e. The Hall–Kier alpha value is -3.80. The van der Waals surface area contributed by atoms with Crippen LogP contribution in [-0.2, 0) is 29.0 Å². The van der Waals surface area contributed by atoms with Crippen LogP contribution < -0.4 is 14.8 Å². The van der Waals surface area contributed by atoms with Crippen molar-refractivity contribution in [2.75, 3.05) is 20.3 Å². The number of likely N-dealkylation sites (N-methyl/N-ethyl adjacent to an activating group) is 1. The van der Waals surface area contributed by atoms with Gasteiger partial charge in [-0.05, 0) is 61.6 Å². The van der Waals surface area contributed by atoms with Gasteiger partial charge in [0, 0.05) is 26.4 Å². The predicted molar refractivity (Wildman–Crippen MR) is 147 cm³/mol. The standard InChI is InChI=1S/C31H38N2O4/c1-5-36-28-18-16-25(21-29(28)37-6-2)17-19-30(34)33(22-26-15-11-10-12-23(26)3)27(31(35)32-4)20-24-13-8-7-9-14-24/h7-16,18,21,27H,5-6,17,19-20,22H2,1-4H3,(H,32,35). The van der Waals surface area contributed by atoms with Gasteiger partial charge in [0.15, 0.2) is 11.5 Å². The molecule has 6 nitrogen and oxygen atoms in total. The molecule has 3 rings (SSSR count). The third-order valence-electron chi connectivity index (χ3n) is 6.35. The van der Waals surface area contributed by atoms with Crippen LogP contribution in [-0.4, -0.2) is 43.0 Å². The molecule has 0 spiro atoms. The molecule has 0 heterocycles. The van der Waals surface area contributed by atoms with Gasteiger partial charge in [-0.25, -0.2) is 0 Å². The maximum atomic E-state index is 13.8. The molecule has 3 aromatic carbocycles. The molecule has 0 saturated carbocycles. The summed E-state index contributed by atoms with van der Waals surface area (Å²) in [5, 5.41) is 2.77. The van der Waals surface area contributed by atoms with Gasteiger partial charge in [-0.3, -0.25) is 9.59 Å². The molecule has 1 unspecified atom stereocenters. The lowest BCUT2D eigenvalue weighted by Gasteiger charge is -2.31. The molecule has 0 aromatic heterocycles. The van der Waals surface area contributed by atoms with E-state index in [-0.39, 0.29) is 18.2 Å². The van der Waals surface area contributed by atoms with Gasteiger partial charge in [0.1, 0.15) is 6.04 Å². The number of amides is 2. The fourth-order valence-electron chi connectivity index (χ4n) is 4.34.